The summed E-state index contributed by atoms with van der Waals surface area (Å²) in [6.07, 6.45) is 1.04. The van der Waals surface area contributed by atoms with Crippen molar-refractivity contribution in [3.05, 3.63) is 77.1 Å². The fourth-order valence-corrected chi connectivity index (χ4v) is 3.54. The van der Waals surface area contributed by atoms with Crippen molar-refractivity contribution in [3.8, 4) is 5.69 Å². The number of carbonyl (C=O) groups is 2. The van der Waals surface area contributed by atoms with Gasteiger partial charge in [0.25, 0.3) is 5.91 Å². The van der Waals surface area contributed by atoms with E-state index in [0.29, 0.717) is 5.92 Å². The highest BCUT2D eigenvalue weighted by molar-refractivity contribution is 5.93. The van der Waals surface area contributed by atoms with Crippen LogP contribution in [0.15, 0.2) is 54.6 Å². The van der Waals surface area contributed by atoms with E-state index in [-0.39, 0.29) is 18.9 Å². The van der Waals surface area contributed by atoms with E-state index < -0.39 is 5.97 Å². The molecule has 6 heteroatoms. The van der Waals surface area contributed by atoms with Gasteiger partial charge in [-0.3, -0.25) is 9.59 Å². The molecule has 1 atom stereocenters. The molecule has 1 amide bonds. The normalized spacial score (nSPS) is 11.7. The summed E-state index contributed by atoms with van der Waals surface area (Å²) in [4.78, 5) is 24.8. The van der Waals surface area contributed by atoms with E-state index in [0.717, 1.165) is 40.3 Å². The summed E-state index contributed by atoms with van der Waals surface area (Å²) in [5, 5.41) is 7.41. The van der Waals surface area contributed by atoms with Crippen molar-refractivity contribution in [2.45, 2.75) is 46.5 Å². The summed E-state index contributed by atoms with van der Waals surface area (Å²) in [5.41, 5.74) is 5.23. The van der Waals surface area contributed by atoms with Crippen LogP contribution in [0.2, 0.25) is 0 Å². The fraction of sp³-hybridized carbons (Fsp3) is 0.320. The van der Waals surface area contributed by atoms with Crippen LogP contribution >= 0.6 is 0 Å². The lowest BCUT2D eigenvalue weighted by atomic mass is 9.97. The molecule has 0 aliphatic heterocycles. The number of anilines is 1. The predicted octanol–water partition coefficient (Wildman–Crippen LogP) is 4.73. The summed E-state index contributed by atoms with van der Waals surface area (Å²) in [6, 6.07) is 17.5. The summed E-state index contributed by atoms with van der Waals surface area (Å²) in [7, 11) is 0. The Morgan fingerprint density at radius 1 is 1.06 bits per heavy atom. The molecule has 31 heavy (non-hydrogen) atoms. The molecule has 0 bridgehead atoms. The zero-order chi connectivity index (χ0) is 22.4. The van der Waals surface area contributed by atoms with Gasteiger partial charge in [-0.05, 0) is 49.9 Å². The van der Waals surface area contributed by atoms with Gasteiger partial charge < -0.3 is 10.1 Å². The first-order valence-corrected chi connectivity index (χ1v) is 10.6. The van der Waals surface area contributed by atoms with Gasteiger partial charge in [0.15, 0.2) is 6.61 Å². The maximum absolute atomic E-state index is 12.4. The lowest BCUT2D eigenvalue weighted by Gasteiger charge is -2.15. The van der Waals surface area contributed by atoms with Crippen LogP contribution in [-0.2, 0) is 20.7 Å². The number of para-hydroxylation sites is 2. The number of hydrogen-bond donors (Lipinski definition) is 1. The Morgan fingerprint density at radius 3 is 2.45 bits per heavy atom. The third kappa shape index (κ3) is 5.40. The van der Waals surface area contributed by atoms with Gasteiger partial charge in [-0.1, -0.05) is 50.2 Å². The maximum Gasteiger partial charge on any atom is 0.310 e. The number of hydrogen-bond acceptors (Lipinski definition) is 4. The van der Waals surface area contributed by atoms with Gasteiger partial charge >= 0.3 is 5.97 Å². The van der Waals surface area contributed by atoms with Crippen molar-refractivity contribution < 1.29 is 14.3 Å². The van der Waals surface area contributed by atoms with Gasteiger partial charge in [0, 0.05) is 16.9 Å². The van der Waals surface area contributed by atoms with Gasteiger partial charge in [-0.25, -0.2) is 4.68 Å². The Hall–Kier alpha value is -3.41. The van der Waals surface area contributed by atoms with Crippen LogP contribution in [-0.4, -0.2) is 28.3 Å². The summed E-state index contributed by atoms with van der Waals surface area (Å²) < 4.78 is 7.06. The standard InChI is InChI=1S/C25H29N3O3/c1-5-17(2)21-13-9-10-14-23(21)26-24(29)16-31-25(30)15-22-18(3)27-28(19(22)4)20-11-7-6-8-12-20/h6-14,17H,5,15-16H2,1-4H3,(H,26,29)/t17-/m0/s1. The largest absolute Gasteiger partial charge is 0.455 e. The zero-order valence-corrected chi connectivity index (χ0v) is 18.5. The molecule has 0 unspecified atom stereocenters. The maximum atomic E-state index is 12.4. The van der Waals surface area contributed by atoms with Gasteiger partial charge in [0.05, 0.1) is 17.8 Å². The molecule has 2 aromatic carbocycles. The van der Waals surface area contributed by atoms with E-state index >= 15 is 0 Å². The highest BCUT2D eigenvalue weighted by Gasteiger charge is 2.18. The average molecular weight is 420 g/mol. The van der Waals surface area contributed by atoms with Crippen LogP contribution in [0.3, 0.4) is 0 Å². The first-order valence-electron chi connectivity index (χ1n) is 10.6. The van der Waals surface area contributed by atoms with Gasteiger partial charge in [-0.2, -0.15) is 5.10 Å². The van der Waals surface area contributed by atoms with Crippen molar-refractivity contribution in [1.82, 2.24) is 9.78 Å². The van der Waals surface area contributed by atoms with Crippen molar-refractivity contribution in [2.24, 2.45) is 0 Å². The molecule has 0 fully saturated rings. The minimum absolute atomic E-state index is 0.0707. The molecule has 0 saturated heterocycles. The molecular formula is C25H29N3O3. The Balaban J connectivity index is 1.60. The number of benzene rings is 2. The number of carbonyl (C=O) groups excluding carboxylic acids is 2. The van der Waals surface area contributed by atoms with Crippen LogP contribution in [0.4, 0.5) is 5.69 Å². The fourth-order valence-electron chi connectivity index (χ4n) is 3.54. The monoisotopic (exact) mass is 419 g/mol. The second-order valence-electron chi connectivity index (χ2n) is 7.68. The van der Waals surface area contributed by atoms with Crippen LogP contribution in [0.1, 0.15) is 48.7 Å². The van der Waals surface area contributed by atoms with E-state index in [2.05, 4.69) is 24.3 Å². The Morgan fingerprint density at radius 2 is 1.74 bits per heavy atom. The molecular weight excluding hydrogens is 390 g/mol. The third-order valence-corrected chi connectivity index (χ3v) is 5.51. The molecule has 162 valence electrons. The number of esters is 1. The second-order valence-corrected chi connectivity index (χ2v) is 7.68. The molecule has 0 radical (unpaired) electrons. The summed E-state index contributed by atoms with van der Waals surface area (Å²) in [5.74, 6) is -0.479. The molecule has 3 rings (SSSR count). The average Bonchev–Trinajstić information content (AvgIpc) is 3.06. The SMILES string of the molecule is CC[C@H](C)c1ccccc1NC(=O)COC(=O)Cc1c(C)nn(-c2ccccc2)c1C. The smallest absolute Gasteiger partial charge is 0.310 e. The summed E-state index contributed by atoms with van der Waals surface area (Å²) >= 11 is 0. The van der Waals surface area contributed by atoms with Crippen LogP contribution in [0.5, 0.6) is 0 Å². The number of nitrogens with zero attached hydrogens (tertiary/aromatic N) is 2. The lowest BCUT2D eigenvalue weighted by Crippen LogP contribution is -2.22. The van der Waals surface area contributed by atoms with E-state index in [1.54, 1.807) is 0 Å². The Labute approximate surface area is 183 Å². The Kier molecular flexibility index (Phi) is 7.23. The molecule has 0 saturated carbocycles. The van der Waals surface area contributed by atoms with Crippen LogP contribution < -0.4 is 5.32 Å². The highest BCUT2D eigenvalue weighted by atomic mass is 16.5. The highest BCUT2D eigenvalue weighted by Crippen LogP contribution is 2.26. The molecule has 0 spiro atoms. The van der Waals surface area contributed by atoms with E-state index in [9.17, 15) is 9.59 Å². The number of nitrogens with one attached hydrogen (secondary N) is 1. The van der Waals surface area contributed by atoms with E-state index in [1.807, 2.05) is 73.1 Å². The molecule has 1 N–H and O–H groups in total. The van der Waals surface area contributed by atoms with Crippen LogP contribution in [0, 0.1) is 13.8 Å². The van der Waals surface area contributed by atoms with Crippen molar-refractivity contribution in [3.63, 3.8) is 0 Å². The number of rotatable bonds is 8. The van der Waals surface area contributed by atoms with Crippen LogP contribution in [0.25, 0.3) is 5.69 Å². The number of aryl methyl sites for hydroxylation is 1. The number of amides is 1. The molecule has 3 aromatic rings. The van der Waals surface area contributed by atoms with Gasteiger partial charge in [-0.15, -0.1) is 0 Å². The van der Waals surface area contributed by atoms with Crippen molar-refractivity contribution >= 4 is 17.6 Å². The van der Waals surface area contributed by atoms with E-state index in [1.165, 1.54) is 0 Å². The van der Waals surface area contributed by atoms with Crippen molar-refractivity contribution in [1.29, 1.82) is 0 Å². The van der Waals surface area contributed by atoms with E-state index in [4.69, 9.17) is 4.74 Å². The molecule has 6 nitrogen and oxygen atoms in total. The lowest BCUT2D eigenvalue weighted by molar-refractivity contribution is -0.146. The minimum Gasteiger partial charge on any atom is -0.455 e. The number of ether oxygens (including phenoxy) is 1. The first kappa shape index (κ1) is 22.3. The molecule has 1 aromatic heterocycles. The summed E-state index contributed by atoms with van der Waals surface area (Å²) in [6.45, 7) is 7.70. The molecule has 0 aliphatic rings. The molecule has 0 aliphatic carbocycles. The third-order valence-electron chi connectivity index (χ3n) is 5.51. The first-order chi connectivity index (χ1) is 14.9. The van der Waals surface area contributed by atoms with Crippen molar-refractivity contribution in [2.75, 3.05) is 11.9 Å². The number of aromatic nitrogens is 2. The predicted molar refractivity (Wildman–Crippen MR) is 121 cm³/mol. The quantitative estimate of drug-likeness (QED) is 0.536. The Bertz CT molecular complexity index is 1060. The molecule has 1 heterocycles. The minimum atomic E-state index is -0.454. The topological polar surface area (TPSA) is 73.2 Å². The van der Waals surface area contributed by atoms with Gasteiger partial charge in [0.1, 0.15) is 0 Å². The second kappa shape index (κ2) is 10.1. The zero-order valence-electron chi connectivity index (χ0n) is 18.5. The van der Waals surface area contributed by atoms with Gasteiger partial charge in [0.2, 0.25) is 0 Å².